The number of allylic oxidation sites excluding steroid dienone is 3. The molecule has 2 aromatic carbocycles. The zero-order chi connectivity index (χ0) is 25.8. The second-order valence-electron chi connectivity index (χ2n) is 9.07. The minimum Gasteiger partial charge on any atom is -0.489 e. The summed E-state index contributed by atoms with van der Waals surface area (Å²) in [7, 11) is 1.28. The Morgan fingerprint density at radius 3 is 2.44 bits per heavy atom. The number of nitrogens with one attached hydrogen (secondary N) is 1. The fourth-order valence-electron chi connectivity index (χ4n) is 5.06. The van der Waals surface area contributed by atoms with Crippen molar-refractivity contribution in [3.05, 3.63) is 88.3 Å². The second-order valence-corrected chi connectivity index (χ2v) is 9.07. The third kappa shape index (κ3) is 4.78. The largest absolute Gasteiger partial charge is 0.489 e. The summed E-state index contributed by atoms with van der Waals surface area (Å²) in [6.07, 6.45) is 0.470. The Kier molecular flexibility index (Phi) is 7.58. The summed E-state index contributed by atoms with van der Waals surface area (Å²) in [5.74, 6) is -2.83. The fraction of sp³-hybridized carbons (Fsp3) is 0.345. The Morgan fingerprint density at radius 1 is 1.06 bits per heavy atom. The van der Waals surface area contributed by atoms with E-state index >= 15 is 0 Å². The average Bonchev–Trinajstić information content (AvgIpc) is 2.87. The van der Waals surface area contributed by atoms with Crippen molar-refractivity contribution in [2.45, 2.75) is 39.7 Å². The van der Waals surface area contributed by atoms with E-state index in [1.165, 1.54) is 7.11 Å². The van der Waals surface area contributed by atoms with Crippen molar-refractivity contribution >= 4 is 17.7 Å². The third-order valence-electron chi connectivity index (χ3n) is 6.71. The number of para-hydroxylation sites is 1. The van der Waals surface area contributed by atoms with Crippen molar-refractivity contribution in [2.75, 3.05) is 13.7 Å². The number of hydrogen-bond acceptors (Lipinski definition) is 7. The predicted octanol–water partition coefficient (Wildman–Crippen LogP) is 4.44. The molecule has 0 bridgehead atoms. The van der Waals surface area contributed by atoms with E-state index < -0.39 is 23.8 Å². The monoisotopic (exact) mass is 489 g/mol. The molecule has 1 aliphatic heterocycles. The van der Waals surface area contributed by atoms with Crippen molar-refractivity contribution in [2.24, 2.45) is 11.8 Å². The molecule has 188 valence electrons. The summed E-state index contributed by atoms with van der Waals surface area (Å²) in [4.78, 5) is 39.7. The maximum Gasteiger partial charge on any atom is 0.336 e. The van der Waals surface area contributed by atoms with Crippen molar-refractivity contribution in [3.63, 3.8) is 0 Å². The fourth-order valence-corrected chi connectivity index (χ4v) is 5.06. The van der Waals surface area contributed by atoms with Gasteiger partial charge < -0.3 is 19.5 Å². The lowest BCUT2D eigenvalue weighted by Gasteiger charge is -2.38. The van der Waals surface area contributed by atoms with Gasteiger partial charge >= 0.3 is 11.9 Å². The molecule has 36 heavy (non-hydrogen) atoms. The highest BCUT2D eigenvalue weighted by molar-refractivity contribution is 6.12. The molecule has 0 saturated heterocycles. The van der Waals surface area contributed by atoms with Crippen LogP contribution >= 0.6 is 0 Å². The van der Waals surface area contributed by atoms with Gasteiger partial charge in [-0.1, -0.05) is 55.5 Å². The Bertz CT molecular complexity index is 1230. The maximum absolute atomic E-state index is 13.9. The number of carbonyl (C=O) groups is 3. The summed E-state index contributed by atoms with van der Waals surface area (Å²) >= 11 is 0. The van der Waals surface area contributed by atoms with Gasteiger partial charge in [0.15, 0.2) is 5.78 Å². The van der Waals surface area contributed by atoms with Crippen molar-refractivity contribution in [1.82, 2.24) is 5.32 Å². The summed E-state index contributed by atoms with van der Waals surface area (Å²) in [6.45, 7) is 5.91. The van der Waals surface area contributed by atoms with Crippen LogP contribution in [0.2, 0.25) is 0 Å². The summed E-state index contributed by atoms with van der Waals surface area (Å²) in [6, 6.07) is 17.1. The van der Waals surface area contributed by atoms with Gasteiger partial charge in [-0.2, -0.15) is 0 Å². The molecule has 0 fully saturated rings. The van der Waals surface area contributed by atoms with Gasteiger partial charge in [0.1, 0.15) is 18.3 Å². The van der Waals surface area contributed by atoms with E-state index in [0.717, 1.165) is 5.56 Å². The molecule has 3 atom stereocenters. The lowest BCUT2D eigenvalue weighted by molar-refractivity contribution is -0.151. The first-order valence-corrected chi connectivity index (χ1v) is 12.1. The van der Waals surface area contributed by atoms with Gasteiger partial charge in [0.05, 0.1) is 25.2 Å². The minimum absolute atomic E-state index is 0.191. The standard InChI is InChI=1S/C29H31NO6/c1-5-35-29(33)24-18(3)30-21-15-17(2)23(28(32)34-4)27(31)26(21)25(24)20-13-9-10-14-22(20)36-16-19-11-7-6-8-12-19/h6-14,17,23,25,30H,5,15-16H2,1-4H3/t17-,23-,25-/m1/s1. The van der Waals surface area contributed by atoms with Crippen LogP contribution in [-0.4, -0.2) is 31.4 Å². The van der Waals surface area contributed by atoms with E-state index in [0.29, 0.717) is 46.9 Å². The Labute approximate surface area is 211 Å². The molecule has 0 amide bonds. The summed E-state index contributed by atoms with van der Waals surface area (Å²) < 4.78 is 16.6. The number of ketones is 1. The number of carbonyl (C=O) groups excluding carboxylic acids is 3. The number of dihydropyridines is 1. The lowest BCUT2D eigenvalue weighted by Crippen LogP contribution is -2.43. The molecule has 2 aliphatic rings. The van der Waals surface area contributed by atoms with Crippen molar-refractivity contribution in [3.8, 4) is 5.75 Å². The molecule has 0 spiro atoms. The van der Waals surface area contributed by atoms with Crippen molar-refractivity contribution in [1.29, 1.82) is 0 Å². The second kappa shape index (κ2) is 10.8. The smallest absolute Gasteiger partial charge is 0.336 e. The third-order valence-corrected chi connectivity index (χ3v) is 6.71. The van der Waals surface area contributed by atoms with Crippen LogP contribution < -0.4 is 10.1 Å². The van der Waals surface area contributed by atoms with E-state index in [-0.39, 0.29) is 18.3 Å². The van der Waals surface area contributed by atoms with E-state index in [1.807, 2.05) is 61.5 Å². The average molecular weight is 490 g/mol. The van der Waals surface area contributed by atoms with Gasteiger partial charge in [0, 0.05) is 22.5 Å². The number of esters is 2. The van der Waals surface area contributed by atoms with Crippen LogP contribution in [0, 0.1) is 11.8 Å². The van der Waals surface area contributed by atoms with Crippen LogP contribution in [0.25, 0.3) is 0 Å². The highest BCUT2D eigenvalue weighted by atomic mass is 16.5. The minimum atomic E-state index is -0.947. The number of methoxy groups -OCH3 is 1. The number of rotatable bonds is 7. The highest BCUT2D eigenvalue weighted by Gasteiger charge is 2.47. The molecule has 1 N–H and O–H groups in total. The molecule has 1 aliphatic carbocycles. The Balaban J connectivity index is 1.84. The zero-order valence-electron chi connectivity index (χ0n) is 21.0. The van der Waals surface area contributed by atoms with Gasteiger partial charge in [-0.3, -0.25) is 9.59 Å². The van der Waals surface area contributed by atoms with Gasteiger partial charge in [-0.25, -0.2) is 4.79 Å². The number of Topliss-reactive ketones (excluding diaryl/α,β-unsaturated/α-hetero) is 1. The van der Waals surface area contributed by atoms with Gasteiger partial charge in [0.25, 0.3) is 0 Å². The summed E-state index contributed by atoms with van der Waals surface area (Å²) in [5, 5.41) is 3.27. The Hall–Kier alpha value is -3.87. The van der Waals surface area contributed by atoms with E-state index in [9.17, 15) is 14.4 Å². The van der Waals surface area contributed by atoms with Crippen molar-refractivity contribution < 1.29 is 28.6 Å². The first-order chi connectivity index (χ1) is 17.4. The van der Waals surface area contributed by atoms with Crippen LogP contribution in [-0.2, 0) is 30.5 Å². The van der Waals surface area contributed by atoms with E-state index in [2.05, 4.69) is 5.32 Å². The van der Waals surface area contributed by atoms with Crippen LogP contribution in [0.3, 0.4) is 0 Å². The molecule has 0 aromatic heterocycles. The van der Waals surface area contributed by atoms with Gasteiger partial charge in [0.2, 0.25) is 0 Å². The first-order valence-electron chi connectivity index (χ1n) is 12.1. The molecule has 0 saturated carbocycles. The van der Waals surface area contributed by atoms with Gasteiger partial charge in [-0.05, 0) is 37.8 Å². The van der Waals surface area contributed by atoms with Crippen LogP contribution in [0.15, 0.2) is 77.1 Å². The van der Waals surface area contributed by atoms with Gasteiger partial charge in [-0.15, -0.1) is 0 Å². The zero-order valence-corrected chi connectivity index (χ0v) is 21.0. The predicted molar refractivity (Wildman–Crippen MR) is 134 cm³/mol. The van der Waals surface area contributed by atoms with Crippen LogP contribution in [0.5, 0.6) is 5.75 Å². The molecule has 4 rings (SSSR count). The molecular formula is C29H31NO6. The molecule has 0 radical (unpaired) electrons. The lowest BCUT2D eigenvalue weighted by atomic mass is 9.69. The molecule has 7 heteroatoms. The molecule has 1 heterocycles. The number of hydrogen-bond donors (Lipinski definition) is 1. The first kappa shape index (κ1) is 25.2. The number of ether oxygens (including phenoxy) is 3. The Morgan fingerprint density at radius 2 is 1.75 bits per heavy atom. The summed E-state index contributed by atoms with van der Waals surface area (Å²) in [5.41, 5.74) is 3.69. The van der Waals surface area contributed by atoms with Crippen LogP contribution in [0.4, 0.5) is 0 Å². The number of benzene rings is 2. The maximum atomic E-state index is 13.9. The highest BCUT2D eigenvalue weighted by Crippen LogP contribution is 2.47. The molecule has 0 unspecified atom stereocenters. The van der Waals surface area contributed by atoms with E-state index in [4.69, 9.17) is 14.2 Å². The topological polar surface area (TPSA) is 90.9 Å². The molecular weight excluding hydrogens is 458 g/mol. The van der Waals surface area contributed by atoms with E-state index in [1.54, 1.807) is 13.8 Å². The SMILES string of the molecule is CCOC(=O)C1=C(C)NC2=C(C(=O)[C@H](C(=O)OC)[C@H](C)C2)[C@@H]1c1ccccc1OCc1ccccc1. The normalized spacial score (nSPS) is 21.4. The molecule has 2 aromatic rings. The van der Waals surface area contributed by atoms with Crippen LogP contribution in [0.1, 0.15) is 44.2 Å². The molecule has 7 nitrogen and oxygen atoms in total. The quantitative estimate of drug-likeness (QED) is 0.454.